The molecule has 1 saturated heterocycles. The molecule has 1 aliphatic heterocycles. The summed E-state index contributed by atoms with van der Waals surface area (Å²) in [6.45, 7) is 7.32. The van der Waals surface area contributed by atoms with E-state index in [1.54, 1.807) is 24.5 Å². The smallest absolute Gasteiger partial charge is 0.269 e. The zero-order chi connectivity index (χ0) is 23.9. The van der Waals surface area contributed by atoms with E-state index in [4.69, 9.17) is 0 Å². The van der Waals surface area contributed by atoms with E-state index in [-0.39, 0.29) is 4.90 Å². The number of halogens is 1. The van der Waals surface area contributed by atoms with Crippen molar-refractivity contribution in [3.8, 4) is 11.1 Å². The van der Waals surface area contributed by atoms with Crippen molar-refractivity contribution in [1.82, 2.24) is 18.8 Å². The fraction of sp³-hybridized carbons (Fsp3) is 0.269. The van der Waals surface area contributed by atoms with Crippen LogP contribution in [0.15, 0.2) is 71.9 Å². The number of nitrogens with zero attached hydrogens (tertiary/aromatic N) is 4. The minimum Gasteiger partial charge on any atom is -0.304 e. The van der Waals surface area contributed by atoms with E-state index in [1.807, 2.05) is 25.1 Å². The number of aromatic nitrogens is 2. The molecule has 1 fully saturated rings. The second-order valence-electron chi connectivity index (χ2n) is 8.96. The van der Waals surface area contributed by atoms with Crippen molar-refractivity contribution in [2.75, 3.05) is 33.2 Å². The molecule has 8 heteroatoms. The average molecular weight is 586 g/mol. The first kappa shape index (κ1) is 23.5. The largest absolute Gasteiger partial charge is 0.304 e. The standard InChI is InChI=1S/C26H27IN4O2S/c1-19-3-9-23(10-4-19)34(32,33)31-18-25(27)24-15-22(16-28-26(24)31)21-7-5-20(6-8-21)17-30-13-11-29(2)12-14-30/h3-10,15-16,18H,11-14,17H2,1-2H3. The van der Waals surface area contributed by atoms with Gasteiger partial charge >= 0.3 is 0 Å². The molecule has 176 valence electrons. The van der Waals surface area contributed by atoms with Crippen LogP contribution >= 0.6 is 22.6 Å². The summed E-state index contributed by atoms with van der Waals surface area (Å²) in [5.74, 6) is 0. The first-order valence-corrected chi connectivity index (χ1v) is 13.8. The van der Waals surface area contributed by atoms with Gasteiger partial charge in [-0.05, 0) is 65.9 Å². The van der Waals surface area contributed by atoms with Gasteiger partial charge in [0.05, 0.1) is 4.90 Å². The lowest BCUT2D eigenvalue weighted by Gasteiger charge is -2.32. The van der Waals surface area contributed by atoms with Crippen LogP contribution in [0.2, 0.25) is 0 Å². The molecule has 0 radical (unpaired) electrons. The van der Waals surface area contributed by atoms with Crippen molar-refractivity contribution in [3.63, 3.8) is 0 Å². The number of likely N-dealkylation sites (N-methyl/N-ethyl adjacent to an activating group) is 1. The summed E-state index contributed by atoms with van der Waals surface area (Å²) in [5.41, 5.74) is 4.81. The van der Waals surface area contributed by atoms with E-state index in [0.717, 1.165) is 58.4 Å². The molecule has 3 heterocycles. The zero-order valence-electron chi connectivity index (χ0n) is 19.3. The van der Waals surface area contributed by atoms with Gasteiger partial charge in [-0.1, -0.05) is 42.0 Å². The van der Waals surface area contributed by atoms with Crippen LogP contribution in [0, 0.1) is 10.5 Å². The highest BCUT2D eigenvalue weighted by Crippen LogP contribution is 2.30. The van der Waals surface area contributed by atoms with Crippen LogP contribution in [-0.2, 0) is 16.6 Å². The van der Waals surface area contributed by atoms with Crippen LogP contribution in [0.4, 0.5) is 0 Å². The molecule has 0 saturated carbocycles. The third-order valence-electron chi connectivity index (χ3n) is 6.43. The maximum Gasteiger partial charge on any atom is 0.269 e. The Labute approximate surface area is 214 Å². The van der Waals surface area contributed by atoms with Crippen LogP contribution in [0.5, 0.6) is 0 Å². The Morgan fingerprint density at radius 2 is 1.62 bits per heavy atom. The molecule has 0 unspecified atom stereocenters. The highest BCUT2D eigenvalue weighted by molar-refractivity contribution is 14.1. The molecule has 0 bridgehead atoms. The van der Waals surface area contributed by atoms with Crippen molar-refractivity contribution < 1.29 is 8.42 Å². The summed E-state index contributed by atoms with van der Waals surface area (Å²) in [6.07, 6.45) is 3.41. The Kier molecular flexibility index (Phi) is 6.49. The molecule has 2 aromatic heterocycles. The monoisotopic (exact) mass is 586 g/mol. The van der Waals surface area contributed by atoms with Crippen LogP contribution in [-0.4, -0.2) is 60.4 Å². The maximum absolute atomic E-state index is 13.3. The van der Waals surface area contributed by atoms with Gasteiger partial charge in [0.1, 0.15) is 0 Å². The SMILES string of the molecule is Cc1ccc(S(=O)(=O)n2cc(I)c3cc(-c4ccc(CN5CCN(C)CC5)cc4)cnc32)cc1. The molecule has 1 aliphatic rings. The number of hydrogen-bond donors (Lipinski definition) is 0. The van der Waals surface area contributed by atoms with E-state index in [1.165, 1.54) is 9.54 Å². The lowest BCUT2D eigenvalue weighted by atomic mass is 10.0. The number of benzene rings is 2. The first-order valence-electron chi connectivity index (χ1n) is 11.3. The van der Waals surface area contributed by atoms with Gasteiger partial charge in [0.25, 0.3) is 10.0 Å². The predicted octanol–water partition coefficient (Wildman–Crippen LogP) is 4.60. The van der Waals surface area contributed by atoms with Crippen molar-refractivity contribution >= 4 is 43.6 Å². The number of hydrogen-bond acceptors (Lipinski definition) is 5. The molecule has 34 heavy (non-hydrogen) atoms. The normalized spacial score (nSPS) is 15.7. The second-order valence-corrected chi connectivity index (χ2v) is 11.9. The Morgan fingerprint density at radius 1 is 0.941 bits per heavy atom. The summed E-state index contributed by atoms with van der Waals surface area (Å²) in [6, 6.07) is 17.5. The number of pyridine rings is 1. The number of aryl methyl sites for hydroxylation is 1. The Bertz CT molecular complexity index is 1420. The van der Waals surface area contributed by atoms with Gasteiger partial charge in [-0.3, -0.25) is 4.90 Å². The molecule has 0 amide bonds. The highest BCUT2D eigenvalue weighted by Gasteiger charge is 2.22. The fourth-order valence-corrected chi connectivity index (χ4v) is 6.46. The van der Waals surface area contributed by atoms with Crippen LogP contribution in [0.25, 0.3) is 22.2 Å². The van der Waals surface area contributed by atoms with Gasteiger partial charge in [-0.25, -0.2) is 17.4 Å². The summed E-state index contributed by atoms with van der Waals surface area (Å²) in [4.78, 5) is 9.69. The minimum absolute atomic E-state index is 0.258. The summed E-state index contributed by atoms with van der Waals surface area (Å²) in [7, 11) is -1.55. The predicted molar refractivity (Wildman–Crippen MR) is 144 cm³/mol. The molecule has 2 aromatic carbocycles. The quantitative estimate of drug-likeness (QED) is 0.320. The molecular weight excluding hydrogens is 559 g/mol. The Hall–Kier alpha value is -2.27. The lowest BCUT2D eigenvalue weighted by Crippen LogP contribution is -2.43. The fourth-order valence-electron chi connectivity index (χ4n) is 4.27. The van der Waals surface area contributed by atoms with Gasteiger partial charge in [-0.2, -0.15) is 0 Å². The van der Waals surface area contributed by atoms with Crippen LogP contribution < -0.4 is 0 Å². The minimum atomic E-state index is -3.72. The summed E-state index contributed by atoms with van der Waals surface area (Å²) in [5, 5.41) is 0.829. The van der Waals surface area contributed by atoms with E-state index in [2.05, 4.69) is 68.7 Å². The lowest BCUT2D eigenvalue weighted by molar-refractivity contribution is 0.148. The Balaban J connectivity index is 1.42. The number of rotatable bonds is 5. The van der Waals surface area contributed by atoms with Crippen molar-refractivity contribution in [1.29, 1.82) is 0 Å². The molecule has 6 nitrogen and oxygen atoms in total. The number of fused-ring (bicyclic) bond motifs is 1. The molecule has 4 aromatic rings. The van der Waals surface area contributed by atoms with E-state index >= 15 is 0 Å². The van der Waals surface area contributed by atoms with Gasteiger partial charge in [0.2, 0.25) is 0 Å². The highest BCUT2D eigenvalue weighted by atomic mass is 127. The summed E-state index contributed by atoms with van der Waals surface area (Å²) >= 11 is 2.18. The van der Waals surface area contributed by atoms with E-state index in [0.29, 0.717) is 5.65 Å². The first-order chi connectivity index (χ1) is 16.3. The van der Waals surface area contributed by atoms with Crippen molar-refractivity contribution in [2.45, 2.75) is 18.4 Å². The van der Waals surface area contributed by atoms with Crippen LogP contribution in [0.1, 0.15) is 11.1 Å². The number of piperazine rings is 1. The van der Waals surface area contributed by atoms with Gasteiger partial charge < -0.3 is 4.90 Å². The summed E-state index contributed by atoms with van der Waals surface area (Å²) < 4.78 is 28.7. The van der Waals surface area contributed by atoms with Gasteiger partial charge in [0.15, 0.2) is 5.65 Å². The average Bonchev–Trinajstić information content (AvgIpc) is 3.18. The molecule has 0 spiro atoms. The zero-order valence-corrected chi connectivity index (χ0v) is 22.3. The third-order valence-corrected chi connectivity index (χ3v) is 8.95. The van der Waals surface area contributed by atoms with Crippen molar-refractivity contribution in [2.24, 2.45) is 0 Å². The third kappa shape index (κ3) is 4.64. The molecule has 5 rings (SSSR count). The van der Waals surface area contributed by atoms with Gasteiger partial charge in [0, 0.05) is 59.6 Å². The molecule has 0 aliphatic carbocycles. The van der Waals surface area contributed by atoms with E-state index < -0.39 is 10.0 Å². The molecule has 0 atom stereocenters. The van der Waals surface area contributed by atoms with Gasteiger partial charge in [-0.15, -0.1) is 0 Å². The Morgan fingerprint density at radius 3 is 2.29 bits per heavy atom. The molecular formula is C26H27IN4O2S. The second kappa shape index (κ2) is 9.41. The molecule has 0 N–H and O–H groups in total. The topological polar surface area (TPSA) is 58.4 Å². The van der Waals surface area contributed by atoms with E-state index in [9.17, 15) is 8.42 Å². The van der Waals surface area contributed by atoms with Crippen LogP contribution in [0.3, 0.4) is 0 Å². The van der Waals surface area contributed by atoms with Crippen molar-refractivity contribution in [3.05, 3.63) is 81.7 Å². The maximum atomic E-state index is 13.3.